The lowest BCUT2D eigenvalue weighted by atomic mass is 10.3. The van der Waals surface area contributed by atoms with E-state index in [4.69, 9.17) is 21.1 Å². The molecule has 0 aliphatic heterocycles. The van der Waals surface area contributed by atoms with E-state index < -0.39 is 27.5 Å². The third kappa shape index (κ3) is 2.89. The van der Waals surface area contributed by atoms with Gasteiger partial charge in [-0.15, -0.1) is 0 Å². The van der Waals surface area contributed by atoms with Crippen molar-refractivity contribution in [3.05, 3.63) is 46.9 Å². The zero-order chi connectivity index (χ0) is 14.0. The Balaban J connectivity index is 2.36. The Morgan fingerprint density at radius 1 is 1.32 bits per heavy atom. The first-order valence-electron chi connectivity index (χ1n) is 5.10. The molecule has 2 aromatic rings. The van der Waals surface area contributed by atoms with Crippen molar-refractivity contribution in [2.75, 3.05) is 4.72 Å². The molecule has 8 heteroatoms. The molecule has 0 aliphatic carbocycles. The normalized spacial score (nSPS) is 11.5. The molecule has 19 heavy (non-hydrogen) atoms. The summed E-state index contributed by atoms with van der Waals surface area (Å²) >= 11 is 5.72. The smallest absolute Gasteiger partial charge is 0.295 e. The number of para-hydroxylation sites is 1. The van der Waals surface area contributed by atoms with Crippen molar-refractivity contribution in [3.8, 4) is 0 Å². The zero-order valence-electron chi connectivity index (χ0n) is 9.43. The van der Waals surface area contributed by atoms with E-state index >= 15 is 0 Å². The maximum atomic E-state index is 13.5. The van der Waals surface area contributed by atoms with Gasteiger partial charge in [-0.25, -0.2) is 4.39 Å². The fraction of sp³-hybridized carbons (Fsp3) is 0.0909. The molecular formula is C11H9ClFNO4S. The Morgan fingerprint density at radius 2 is 2.05 bits per heavy atom. The lowest BCUT2D eigenvalue weighted by Gasteiger charge is -2.08. The minimum absolute atomic E-state index is 0.0717. The molecule has 1 aromatic carbocycles. The average Bonchev–Trinajstić information content (AvgIpc) is 2.83. The number of benzene rings is 1. The Kier molecular flexibility index (Phi) is 3.79. The Morgan fingerprint density at radius 3 is 2.63 bits per heavy atom. The van der Waals surface area contributed by atoms with Gasteiger partial charge < -0.3 is 9.52 Å². The summed E-state index contributed by atoms with van der Waals surface area (Å²) in [4.78, 5) is 0. The van der Waals surface area contributed by atoms with Crippen LogP contribution in [0.4, 0.5) is 10.1 Å². The van der Waals surface area contributed by atoms with Crippen molar-refractivity contribution in [1.82, 2.24) is 0 Å². The van der Waals surface area contributed by atoms with Crippen molar-refractivity contribution in [2.24, 2.45) is 0 Å². The molecule has 0 amide bonds. The number of rotatable bonds is 4. The SMILES string of the molecule is O=S(=O)(Nc1c(F)cccc1Cl)c1ccc(CO)o1. The Bertz CT molecular complexity index is 678. The average molecular weight is 306 g/mol. The number of anilines is 1. The van der Waals surface area contributed by atoms with Crippen LogP contribution < -0.4 is 4.72 Å². The Hall–Kier alpha value is -1.57. The molecule has 102 valence electrons. The number of aliphatic hydroxyl groups excluding tert-OH is 1. The largest absolute Gasteiger partial charge is 0.445 e. The van der Waals surface area contributed by atoms with Gasteiger partial charge in [0, 0.05) is 0 Å². The van der Waals surface area contributed by atoms with Gasteiger partial charge in [0.25, 0.3) is 10.0 Å². The molecule has 0 bridgehead atoms. The van der Waals surface area contributed by atoms with Crippen LogP contribution in [0.1, 0.15) is 5.76 Å². The Labute approximate surface area is 113 Å². The van der Waals surface area contributed by atoms with Crippen molar-refractivity contribution in [1.29, 1.82) is 0 Å². The van der Waals surface area contributed by atoms with Crippen LogP contribution in [0.5, 0.6) is 0 Å². The van der Waals surface area contributed by atoms with Gasteiger partial charge in [-0.1, -0.05) is 17.7 Å². The van der Waals surface area contributed by atoms with E-state index in [0.717, 1.165) is 12.1 Å². The summed E-state index contributed by atoms with van der Waals surface area (Å²) in [5, 5.41) is 8.30. The van der Waals surface area contributed by atoms with Crippen LogP contribution in [0.15, 0.2) is 39.8 Å². The van der Waals surface area contributed by atoms with Crippen molar-refractivity contribution >= 4 is 27.3 Å². The van der Waals surface area contributed by atoms with Gasteiger partial charge in [-0.05, 0) is 24.3 Å². The summed E-state index contributed by atoms with van der Waals surface area (Å²) in [5.41, 5.74) is -0.355. The first-order chi connectivity index (χ1) is 8.94. The van der Waals surface area contributed by atoms with Crippen LogP contribution >= 0.6 is 11.6 Å². The topological polar surface area (TPSA) is 79.5 Å². The van der Waals surface area contributed by atoms with Gasteiger partial charge in [0.2, 0.25) is 5.09 Å². The summed E-state index contributed by atoms with van der Waals surface area (Å²) in [5.74, 6) is -0.718. The molecule has 1 heterocycles. The third-order valence-electron chi connectivity index (χ3n) is 2.26. The molecule has 0 saturated carbocycles. The summed E-state index contributed by atoms with van der Waals surface area (Å²) in [6.07, 6.45) is 0. The molecule has 1 aromatic heterocycles. The number of nitrogens with one attached hydrogen (secondary N) is 1. The van der Waals surface area contributed by atoms with E-state index in [9.17, 15) is 12.8 Å². The lowest BCUT2D eigenvalue weighted by Crippen LogP contribution is -2.13. The molecule has 0 saturated heterocycles. The van der Waals surface area contributed by atoms with E-state index in [2.05, 4.69) is 0 Å². The minimum Gasteiger partial charge on any atom is -0.445 e. The van der Waals surface area contributed by atoms with Gasteiger partial charge in [-0.2, -0.15) is 8.42 Å². The van der Waals surface area contributed by atoms with Crippen LogP contribution in [0.3, 0.4) is 0 Å². The van der Waals surface area contributed by atoms with Crippen molar-refractivity contribution < 1.29 is 22.3 Å². The highest BCUT2D eigenvalue weighted by molar-refractivity contribution is 7.92. The standard InChI is InChI=1S/C11H9ClFNO4S/c12-8-2-1-3-9(13)11(8)14-19(16,17)10-5-4-7(6-15)18-10/h1-5,14-15H,6H2. The van der Waals surface area contributed by atoms with Crippen LogP contribution in [0, 0.1) is 5.82 Å². The second-order valence-corrected chi connectivity index (χ2v) is 5.60. The third-order valence-corrected chi connectivity index (χ3v) is 3.79. The molecule has 2 rings (SSSR count). The molecule has 0 atom stereocenters. The van der Waals surface area contributed by atoms with Crippen LogP contribution in [0.2, 0.25) is 5.02 Å². The maximum absolute atomic E-state index is 13.5. The van der Waals surface area contributed by atoms with E-state index in [1.165, 1.54) is 18.2 Å². The van der Waals surface area contributed by atoms with Crippen LogP contribution in [0.25, 0.3) is 0 Å². The quantitative estimate of drug-likeness (QED) is 0.909. The number of halogens is 2. The minimum atomic E-state index is -4.10. The number of hydrogen-bond acceptors (Lipinski definition) is 4. The fourth-order valence-corrected chi connectivity index (χ4v) is 2.67. The zero-order valence-corrected chi connectivity index (χ0v) is 11.0. The highest BCUT2D eigenvalue weighted by atomic mass is 35.5. The first-order valence-corrected chi connectivity index (χ1v) is 6.96. The second-order valence-electron chi connectivity index (χ2n) is 3.58. The summed E-state index contributed by atoms with van der Waals surface area (Å²) in [6.45, 7) is -0.435. The lowest BCUT2D eigenvalue weighted by molar-refractivity contribution is 0.236. The molecule has 0 spiro atoms. The van der Waals surface area contributed by atoms with Gasteiger partial charge in [0.05, 0.1) is 5.02 Å². The van der Waals surface area contributed by atoms with Gasteiger partial charge >= 0.3 is 0 Å². The number of hydrogen-bond donors (Lipinski definition) is 2. The maximum Gasteiger partial charge on any atom is 0.295 e. The monoisotopic (exact) mass is 305 g/mol. The van der Waals surface area contributed by atoms with Crippen LogP contribution in [-0.2, 0) is 16.6 Å². The van der Waals surface area contributed by atoms with E-state index in [-0.39, 0.29) is 16.5 Å². The van der Waals surface area contributed by atoms with Gasteiger partial charge in [0.15, 0.2) is 0 Å². The molecule has 0 fully saturated rings. The number of aliphatic hydroxyl groups is 1. The van der Waals surface area contributed by atoms with Gasteiger partial charge in [0.1, 0.15) is 23.9 Å². The number of furan rings is 1. The number of sulfonamides is 1. The first kappa shape index (κ1) is 13.9. The van der Waals surface area contributed by atoms with E-state index in [1.54, 1.807) is 0 Å². The summed E-state index contributed by atoms with van der Waals surface area (Å²) < 4.78 is 44.2. The summed E-state index contributed by atoms with van der Waals surface area (Å²) in [7, 11) is -4.10. The van der Waals surface area contributed by atoms with Crippen molar-refractivity contribution in [3.63, 3.8) is 0 Å². The van der Waals surface area contributed by atoms with Gasteiger partial charge in [-0.3, -0.25) is 4.72 Å². The van der Waals surface area contributed by atoms with Crippen LogP contribution in [-0.4, -0.2) is 13.5 Å². The fourth-order valence-electron chi connectivity index (χ4n) is 1.37. The molecular weight excluding hydrogens is 297 g/mol. The molecule has 5 nitrogen and oxygen atoms in total. The van der Waals surface area contributed by atoms with Crippen molar-refractivity contribution in [2.45, 2.75) is 11.7 Å². The second kappa shape index (κ2) is 5.20. The molecule has 0 radical (unpaired) electrons. The highest BCUT2D eigenvalue weighted by Crippen LogP contribution is 2.27. The highest BCUT2D eigenvalue weighted by Gasteiger charge is 2.21. The predicted octanol–water partition coefficient (Wildman–Crippen LogP) is 2.37. The molecule has 0 unspecified atom stereocenters. The molecule has 0 aliphatic rings. The summed E-state index contributed by atoms with van der Waals surface area (Å²) in [6, 6.07) is 6.24. The molecule has 2 N–H and O–H groups in total. The predicted molar refractivity (Wildman–Crippen MR) is 66.8 cm³/mol. The van der Waals surface area contributed by atoms with E-state index in [1.807, 2.05) is 4.72 Å². The van der Waals surface area contributed by atoms with E-state index in [0.29, 0.717) is 0 Å².